The van der Waals surface area contributed by atoms with Gasteiger partial charge in [-0.25, -0.2) is 4.79 Å². The summed E-state index contributed by atoms with van der Waals surface area (Å²) < 4.78 is 0. The van der Waals surface area contributed by atoms with Gasteiger partial charge >= 0.3 is 5.97 Å². The van der Waals surface area contributed by atoms with Gasteiger partial charge in [0.1, 0.15) is 5.92 Å². The molecule has 1 atom stereocenters. The first-order chi connectivity index (χ1) is 5.75. The normalized spacial score (nSPS) is 21.3. The van der Waals surface area contributed by atoms with E-state index in [1.54, 1.807) is 5.48 Å². The molecule has 0 radical (unpaired) electrons. The molecule has 0 saturated carbocycles. The Morgan fingerprint density at radius 2 is 2.50 bits per heavy atom. The highest BCUT2D eigenvalue weighted by molar-refractivity contribution is 5.99. The van der Waals surface area contributed by atoms with Crippen LogP contribution < -0.4 is 10.8 Å². The van der Waals surface area contributed by atoms with Gasteiger partial charge in [0.15, 0.2) is 0 Å². The minimum Gasteiger partial charge on any atom is -0.355 e. The van der Waals surface area contributed by atoms with Crippen LogP contribution in [0, 0.1) is 5.92 Å². The van der Waals surface area contributed by atoms with Gasteiger partial charge in [-0.2, -0.15) is 5.48 Å². The largest absolute Gasteiger partial charge is 0.355 e. The predicted molar refractivity (Wildman–Crippen MR) is 36.4 cm³/mol. The number of hydrogen-bond donors (Lipinski definition) is 2. The molecule has 1 rings (SSSR count). The second-order valence-electron chi connectivity index (χ2n) is 2.29. The summed E-state index contributed by atoms with van der Waals surface area (Å²) in [6, 6.07) is 0. The SMILES string of the molecule is O=CNOC(=O)[C@@H]1CCNC1=O. The lowest BCUT2D eigenvalue weighted by molar-refractivity contribution is -0.160. The summed E-state index contributed by atoms with van der Waals surface area (Å²) in [5.74, 6) is -1.86. The first-order valence-electron chi connectivity index (χ1n) is 3.43. The van der Waals surface area contributed by atoms with Crippen LogP contribution in [0.5, 0.6) is 0 Å². The Labute approximate surface area is 68.2 Å². The van der Waals surface area contributed by atoms with Gasteiger partial charge in [0.2, 0.25) is 12.3 Å². The Morgan fingerprint density at radius 1 is 1.75 bits per heavy atom. The highest BCUT2D eigenvalue weighted by Crippen LogP contribution is 2.09. The minimum atomic E-state index is -0.780. The molecular formula is C6H8N2O4. The average Bonchev–Trinajstić information content (AvgIpc) is 2.47. The van der Waals surface area contributed by atoms with Crippen LogP contribution in [-0.4, -0.2) is 24.8 Å². The van der Waals surface area contributed by atoms with E-state index < -0.39 is 11.9 Å². The van der Waals surface area contributed by atoms with E-state index in [9.17, 15) is 14.4 Å². The molecule has 0 aliphatic carbocycles. The third-order valence-corrected chi connectivity index (χ3v) is 1.54. The van der Waals surface area contributed by atoms with E-state index in [1.165, 1.54) is 0 Å². The fourth-order valence-corrected chi connectivity index (χ4v) is 0.972. The molecule has 1 aliphatic heterocycles. The van der Waals surface area contributed by atoms with E-state index in [1.807, 2.05) is 0 Å². The highest BCUT2D eigenvalue weighted by Gasteiger charge is 2.32. The number of hydrogen-bond acceptors (Lipinski definition) is 4. The molecule has 1 heterocycles. The van der Waals surface area contributed by atoms with Crippen molar-refractivity contribution in [1.29, 1.82) is 0 Å². The monoisotopic (exact) mass is 172 g/mol. The van der Waals surface area contributed by atoms with Gasteiger partial charge in [0.25, 0.3) is 0 Å². The molecule has 6 nitrogen and oxygen atoms in total. The summed E-state index contributed by atoms with van der Waals surface area (Å²) in [6.07, 6.45) is 0.642. The van der Waals surface area contributed by atoms with Crippen molar-refractivity contribution in [2.24, 2.45) is 5.92 Å². The van der Waals surface area contributed by atoms with E-state index in [0.717, 1.165) is 0 Å². The molecule has 66 valence electrons. The fraction of sp³-hybridized carbons (Fsp3) is 0.500. The Kier molecular flexibility index (Phi) is 2.62. The summed E-state index contributed by atoms with van der Waals surface area (Å²) in [4.78, 5) is 35.7. The molecular weight excluding hydrogens is 164 g/mol. The summed E-state index contributed by atoms with van der Waals surface area (Å²) in [6.45, 7) is 0.472. The minimum absolute atomic E-state index is 0.227. The van der Waals surface area contributed by atoms with Crippen LogP contribution >= 0.6 is 0 Å². The Bertz CT molecular complexity index is 216. The van der Waals surface area contributed by atoms with Crippen LogP contribution in [0.1, 0.15) is 6.42 Å². The van der Waals surface area contributed by atoms with Crippen LogP contribution in [0.3, 0.4) is 0 Å². The van der Waals surface area contributed by atoms with Crippen molar-refractivity contribution in [3.8, 4) is 0 Å². The van der Waals surface area contributed by atoms with Crippen LogP contribution in [0.2, 0.25) is 0 Å². The topological polar surface area (TPSA) is 84.5 Å². The third-order valence-electron chi connectivity index (χ3n) is 1.54. The summed E-state index contributed by atoms with van der Waals surface area (Å²) >= 11 is 0. The van der Waals surface area contributed by atoms with Crippen molar-refractivity contribution < 1.29 is 19.2 Å². The van der Waals surface area contributed by atoms with Gasteiger partial charge < -0.3 is 10.2 Å². The summed E-state index contributed by atoms with van der Waals surface area (Å²) in [5, 5.41) is 2.47. The van der Waals surface area contributed by atoms with Crippen molar-refractivity contribution in [2.75, 3.05) is 6.54 Å². The molecule has 12 heavy (non-hydrogen) atoms. The van der Waals surface area contributed by atoms with Crippen LogP contribution in [0.15, 0.2) is 0 Å². The van der Waals surface area contributed by atoms with Crippen LogP contribution in [0.4, 0.5) is 0 Å². The first-order valence-corrected chi connectivity index (χ1v) is 3.43. The second kappa shape index (κ2) is 3.70. The van der Waals surface area contributed by atoms with Crippen molar-refractivity contribution >= 4 is 18.3 Å². The average molecular weight is 172 g/mol. The maximum Gasteiger partial charge on any atom is 0.344 e. The lowest BCUT2D eigenvalue weighted by Crippen LogP contribution is -2.30. The fourth-order valence-electron chi connectivity index (χ4n) is 0.972. The van der Waals surface area contributed by atoms with Crippen LogP contribution in [0.25, 0.3) is 0 Å². The number of rotatable bonds is 3. The van der Waals surface area contributed by atoms with Crippen molar-refractivity contribution in [3.63, 3.8) is 0 Å². The smallest absolute Gasteiger partial charge is 0.344 e. The van der Waals surface area contributed by atoms with Crippen molar-refractivity contribution in [2.45, 2.75) is 6.42 Å². The summed E-state index contributed by atoms with van der Waals surface area (Å²) in [5.41, 5.74) is 1.74. The summed E-state index contributed by atoms with van der Waals surface area (Å²) in [7, 11) is 0. The number of amides is 2. The zero-order valence-corrected chi connectivity index (χ0v) is 6.20. The molecule has 0 aromatic carbocycles. The van der Waals surface area contributed by atoms with E-state index in [-0.39, 0.29) is 12.3 Å². The Hall–Kier alpha value is -1.59. The van der Waals surface area contributed by atoms with E-state index in [2.05, 4.69) is 10.2 Å². The van der Waals surface area contributed by atoms with Gasteiger partial charge in [0, 0.05) is 6.54 Å². The van der Waals surface area contributed by atoms with Gasteiger partial charge in [0.05, 0.1) is 0 Å². The Balaban J connectivity index is 2.40. The second-order valence-corrected chi connectivity index (χ2v) is 2.29. The number of hydroxylamine groups is 1. The first kappa shape index (κ1) is 8.51. The highest BCUT2D eigenvalue weighted by atomic mass is 16.7. The maximum atomic E-state index is 10.9. The Morgan fingerprint density at radius 3 is 3.00 bits per heavy atom. The molecule has 0 bridgehead atoms. The lowest BCUT2D eigenvalue weighted by atomic mass is 10.1. The molecule has 1 fully saturated rings. The zero-order chi connectivity index (χ0) is 8.97. The number of carbonyl (C=O) groups is 3. The number of nitrogens with one attached hydrogen (secondary N) is 2. The van der Waals surface area contributed by atoms with Gasteiger partial charge in [-0.1, -0.05) is 0 Å². The predicted octanol–water partition coefficient (Wildman–Crippen LogP) is -1.67. The molecule has 1 aliphatic rings. The molecule has 0 aromatic heterocycles. The van der Waals surface area contributed by atoms with E-state index >= 15 is 0 Å². The standard InChI is InChI=1S/C6H8N2O4/c9-3-8-12-6(11)4-1-2-7-5(4)10/h3-4H,1-2H2,(H,7,10)(H,8,9)/t4-/m1/s1. The van der Waals surface area contributed by atoms with Gasteiger partial charge in [-0.05, 0) is 6.42 Å². The third kappa shape index (κ3) is 1.71. The van der Waals surface area contributed by atoms with Crippen molar-refractivity contribution in [1.82, 2.24) is 10.8 Å². The molecule has 0 spiro atoms. The molecule has 0 unspecified atom stereocenters. The van der Waals surface area contributed by atoms with E-state index in [4.69, 9.17) is 0 Å². The maximum absolute atomic E-state index is 10.9. The quantitative estimate of drug-likeness (QED) is 0.303. The zero-order valence-electron chi connectivity index (χ0n) is 6.20. The number of carbonyl (C=O) groups excluding carboxylic acids is 3. The molecule has 0 aromatic rings. The van der Waals surface area contributed by atoms with Crippen molar-refractivity contribution in [3.05, 3.63) is 0 Å². The molecule has 6 heteroatoms. The van der Waals surface area contributed by atoms with Gasteiger partial charge in [-0.3, -0.25) is 9.59 Å². The van der Waals surface area contributed by atoms with E-state index in [0.29, 0.717) is 13.0 Å². The van der Waals surface area contributed by atoms with Crippen LogP contribution in [-0.2, 0) is 19.2 Å². The lowest BCUT2D eigenvalue weighted by Gasteiger charge is -2.03. The van der Waals surface area contributed by atoms with Gasteiger partial charge in [-0.15, -0.1) is 0 Å². The molecule has 1 saturated heterocycles. The molecule has 2 amide bonds. The molecule has 2 N–H and O–H groups in total.